The summed E-state index contributed by atoms with van der Waals surface area (Å²) in [6, 6.07) is 8.27. The second kappa shape index (κ2) is 8.75. The van der Waals surface area contributed by atoms with Crippen LogP contribution in [-0.2, 0) is 13.0 Å². The molecule has 0 saturated carbocycles. The molecule has 4 nitrogen and oxygen atoms in total. The van der Waals surface area contributed by atoms with E-state index in [0.29, 0.717) is 12.0 Å². The number of alkyl halides is 3. The minimum atomic E-state index is -4.44. The van der Waals surface area contributed by atoms with Gasteiger partial charge in [-0.2, -0.15) is 24.5 Å². The fraction of sp³-hybridized carbons (Fsp3) is 0.353. The fourth-order valence-corrected chi connectivity index (χ4v) is 2.90. The van der Waals surface area contributed by atoms with Crippen molar-refractivity contribution in [3.05, 3.63) is 52.2 Å². The summed E-state index contributed by atoms with van der Waals surface area (Å²) in [5, 5.41) is 6.05. The topological polar surface area (TPSA) is 41.6 Å². The largest absolute Gasteiger partial charge is 0.497 e. The van der Waals surface area contributed by atoms with Crippen LogP contribution in [0.3, 0.4) is 0 Å². The standard InChI is InChI=1S/C17H19F3N2O2S/c1-24-15-4-2-13(3-5-15)6-8-21-16(23)22(12-17(18,19)20)10-14-7-9-25-11-14/h2-5,7,9,11H,6,8,10,12H2,1H3,(H,21,23). The monoisotopic (exact) mass is 372 g/mol. The van der Waals surface area contributed by atoms with Crippen molar-refractivity contribution >= 4 is 17.4 Å². The Morgan fingerprint density at radius 1 is 1.20 bits per heavy atom. The van der Waals surface area contributed by atoms with Crippen LogP contribution in [-0.4, -0.2) is 37.3 Å². The van der Waals surface area contributed by atoms with E-state index in [1.54, 1.807) is 36.1 Å². The van der Waals surface area contributed by atoms with Crippen molar-refractivity contribution in [1.82, 2.24) is 10.2 Å². The lowest BCUT2D eigenvalue weighted by molar-refractivity contribution is -0.140. The summed E-state index contributed by atoms with van der Waals surface area (Å²) in [5.74, 6) is 0.722. The van der Waals surface area contributed by atoms with Gasteiger partial charge in [0.2, 0.25) is 0 Å². The van der Waals surface area contributed by atoms with Gasteiger partial charge in [0.05, 0.1) is 7.11 Å². The van der Waals surface area contributed by atoms with Crippen LogP contribution in [0.4, 0.5) is 18.0 Å². The van der Waals surface area contributed by atoms with Gasteiger partial charge >= 0.3 is 12.2 Å². The molecule has 2 aromatic rings. The van der Waals surface area contributed by atoms with Crippen LogP contribution >= 0.6 is 11.3 Å². The number of benzene rings is 1. The Balaban J connectivity index is 1.89. The SMILES string of the molecule is COc1ccc(CCNC(=O)N(Cc2ccsc2)CC(F)(F)F)cc1. The Labute approximate surface area is 148 Å². The number of hydrogen-bond donors (Lipinski definition) is 1. The van der Waals surface area contributed by atoms with E-state index in [9.17, 15) is 18.0 Å². The lowest BCUT2D eigenvalue weighted by Crippen LogP contribution is -2.44. The first-order valence-corrected chi connectivity index (χ1v) is 8.55. The summed E-state index contributed by atoms with van der Waals surface area (Å²) in [6.07, 6.45) is -3.92. The van der Waals surface area contributed by atoms with Gasteiger partial charge in [-0.15, -0.1) is 0 Å². The first kappa shape index (κ1) is 19.1. The zero-order chi connectivity index (χ0) is 18.3. The van der Waals surface area contributed by atoms with Gasteiger partial charge in [0, 0.05) is 13.1 Å². The van der Waals surface area contributed by atoms with Gasteiger partial charge in [-0.25, -0.2) is 4.79 Å². The molecule has 0 radical (unpaired) electrons. The number of nitrogens with zero attached hydrogens (tertiary/aromatic N) is 1. The van der Waals surface area contributed by atoms with Gasteiger partial charge in [-0.05, 0) is 46.5 Å². The molecule has 0 unspecified atom stereocenters. The molecule has 1 N–H and O–H groups in total. The van der Waals surface area contributed by atoms with Crippen molar-refractivity contribution in [3.8, 4) is 5.75 Å². The predicted molar refractivity (Wildman–Crippen MR) is 90.9 cm³/mol. The molecule has 2 amide bonds. The second-order valence-corrected chi connectivity index (χ2v) is 6.21. The van der Waals surface area contributed by atoms with E-state index in [4.69, 9.17) is 4.74 Å². The maximum absolute atomic E-state index is 12.7. The van der Waals surface area contributed by atoms with E-state index < -0.39 is 18.8 Å². The molecule has 0 aliphatic heterocycles. The highest BCUT2D eigenvalue weighted by Gasteiger charge is 2.33. The van der Waals surface area contributed by atoms with E-state index in [-0.39, 0.29) is 13.1 Å². The van der Waals surface area contributed by atoms with Crippen LogP contribution in [0.25, 0.3) is 0 Å². The minimum Gasteiger partial charge on any atom is -0.497 e. The van der Waals surface area contributed by atoms with Crippen LogP contribution < -0.4 is 10.1 Å². The van der Waals surface area contributed by atoms with Gasteiger partial charge < -0.3 is 15.0 Å². The Morgan fingerprint density at radius 2 is 1.92 bits per heavy atom. The van der Waals surface area contributed by atoms with Crippen LogP contribution in [0.15, 0.2) is 41.1 Å². The number of carbonyl (C=O) groups is 1. The lowest BCUT2D eigenvalue weighted by Gasteiger charge is -2.24. The zero-order valence-corrected chi connectivity index (χ0v) is 14.5. The first-order chi connectivity index (χ1) is 11.9. The summed E-state index contributed by atoms with van der Waals surface area (Å²) in [7, 11) is 1.57. The average molecular weight is 372 g/mol. The smallest absolute Gasteiger partial charge is 0.406 e. The molecular formula is C17H19F3N2O2S. The molecule has 8 heteroatoms. The van der Waals surface area contributed by atoms with Crippen molar-refractivity contribution < 1.29 is 22.7 Å². The number of nitrogens with one attached hydrogen (secondary N) is 1. The molecule has 0 aliphatic rings. The number of halogens is 3. The Kier molecular flexibility index (Phi) is 6.69. The summed E-state index contributed by atoms with van der Waals surface area (Å²) >= 11 is 1.38. The normalized spacial score (nSPS) is 11.2. The Bertz CT molecular complexity index is 658. The molecule has 136 valence electrons. The molecule has 0 fully saturated rings. The third kappa shape index (κ3) is 6.66. The summed E-state index contributed by atoms with van der Waals surface area (Å²) in [4.78, 5) is 12.9. The van der Waals surface area contributed by atoms with Gasteiger partial charge in [-0.3, -0.25) is 0 Å². The molecule has 1 aromatic heterocycles. The Morgan fingerprint density at radius 3 is 2.48 bits per heavy atom. The highest BCUT2D eigenvalue weighted by molar-refractivity contribution is 7.07. The van der Waals surface area contributed by atoms with Crippen molar-refractivity contribution in [2.24, 2.45) is 0 Å². The van der Waals surface area contributed by atoms with Gasteiger partial charge in [0.1, 0.15) is 12.3 Å². The third-order valence-electron chi connectivity index (χ3n) is 3.46. The molecule has 0 aliphatic carbocycles. The first-order valence-electron chi connectivity index (χ1n) is 7.61. The number of thiophene rings is 1. The summed E-state index contributed by atoms with van der Waals surface area (Å²) in [5.41, 5.74) is 1.64. The van der Waals surface area contributed by atoms with E-state index in [1.807, 2.05) is 12.1 Å². The molecule has 1 heterocycles. The molecule has 0 atom stereocenters. The van der Waals surface area contributed by atoms with Crippen molar-refractivity contribution in [2.75, 3.05) is 20.2 Å². The number of amides is 2. The van der Waals surface area contributed by atoms with Crippen molar-refractivity contribution in [3.63, 3.8) is 0 Å². The maximum atomic E-state index is 12.7. The highest BCUT2D eigenvalue weighted by Crippen LogP contribution is 2.19. The fourth-order valence-electron chi connectivity index (χ4n) is 2.24. The van der Waals surface area contributed by atoms with Gasteiger partial charge in [0.15, 0.2) is 0 Å². The van der Waals surface area contributed by atoms with Crippen LogP contribution in [0.1, 0.15) is 11.1 Å². The number of carbonyl (C=O) groups excluding carboxylic acids is 1. The van der Waals surface area contributed by atoms with Crippen LogP contribution in [0.5, 0.6) is 5.75 Å². The zero-order valence-electron chi connectivity index (χ0n) is 13.7. The maximum Gasteiger partial charge on any atom is 0.406 e. The van der Waals surface area contributed by atoms with Crippen LogP contribution in [0, 0.1) is 0 Å². The van der Waals surface area contributed by atoms with Crippen LogP contribution in [0.2, 0.25) is 0 Å². The third-order valence-corrected chi connectivity index (χ3v) is 4.19. The number of hydrogen-bond acceptors (Lipinski definition) is 3. The number of ether oxygens (including phenoxy) is 1. The predicted octanol–water partition coefficient (Wildman–Crippen LogP) is 4.07. The van der Waals surface area contributed by atoms with E-state index in [0.717, 1.165) is 16.2 Å². The molecule has 2 rings (SSSR count). The molecule has 0 saturated heterocycles. The minimum absolute atomic E-state index is 0.0720. The second-order valence-electron chi connectivity index (χ2n) is 5.43. The number of urea groups is 1. The molecule has 25 heavy (non-hydrogen) atoms. The molecule has 0 spiro atoms. The number of methoxy groups -OCH3 is 1. The van der Waals surface area contributed by atoms with Crippen molar-refractivity contribution in [1.29, 1.82) is 0 Å². The summed E-state index contributed by atoms with van der Waals surface area (Å²) in [6.45, 7) is -1.10. The highest BCUT2D eigenvalue weighted by atomic mass is 32.1. The summed E-state index contributed by atoms with van der Waals surface area (Å²) < 4.78 is 43.2. The van der Waals surface area contributed by atoms with E-state index in [2.05, 4.69) is 5.32 Å². The average Bonchev–Trinajstić information content (AvgIpc) is 3.06. The van der Waals surface area contributed by atoms with Gasteiger partial charge in [0.25, 0.3) is 0 Å². The Hall–Kier alpha value is -2.22. The molecule has 0 bridgehead atoms. The lowest BCUT2D eigenvalue weighted by atomic mass is 10.1. The van der Waals surface area contributed by atoms with Gasteiger partial charge in [-0.1, -0.05) is 12.1 Å². The van der Waals surface area contributed by atoms with E-state index in [1.165, 1.54) is 11.3 Å². The molecule has 1 aromatic carbocycles. The van der Waals surface area contributed by atoms with Crippen molar-refractivity contribution in [2.45, 2.75) is 19.1 Å². The van der Waals surface area contributed by atoms with E-state index >= 15 is 0 Å². The number of rotatable bonds is 7. The quantitative estimate of drug-likeness (QED) is 0.796. The molecular weight excluding hydrogens is 353 g/mol.